The molecule has 35 heavy (non-hydrogen) atoms. The molecule has 4 heterocycles. The minimum Gasteiger partial charge on any atom is -0.476 e. The lowest BCUT2D eigenvalue weighted by atomic mass is 9.97. The second-order valence-corrected chi connectivity index (χ2v) is 9.82. The van der Waals surface area contributed by atoms with Gasteiger partial charge in [0.05, 0.1) is 5.69 Å². The Labute approximate surface area is 211 Å². The van der Waals surface area contributed by atoms with Crippen LogP contribution in [0, 0.1) is 0 Å². The fourth-order valence-electron chi connectivity index (χ4n) is 4.29. The smallest absolute Gasteiger partial charge is 0.356 e. The summed E-state index contributed by atoms with van der Waals surface area (Å²) in [6.45, 7) is 7.44. The zero-order valence-electron chi connectivity index (χ0n) is 19.8. The third-order valence-electron chi connectivity index (χ3n) is 6.31. The van der Waals surface area contributed by atoms with Gasteiger partial charge in [-0.3, -0.25) is 4.79 Å². The normalized spacial score (nSPS) is 18.4. The highest BCUT2D eigenvalue weighted by Crippen LogP contribution is 2.31. The number of carboxylic acids is 1. The van der Waals surface area contributed by atoms with Crippen LogP contribution in [0.25, 0.3) is 10.3 Å². The molecule has 1 aliphatic heterocycles. The van der Waals surface area contributed by atoms with Gasteiger partial charge in [-0.2, -0.15) is 4.98 Å². The molecule has 1 fully saturated rings. The van der Waals surface area contributed by atoms with Crippen LogP contribution in [0.5, 0.6) is 0 Å². The van der Waals surface area contributed by atoms with Crippen LogP contribution in [-0.2, 0) is 6.42 Å². The molecule has 1 amide bonds. The van der Waals surface area contributed by atoms with Crippen LogP contribution in [0.1, 0.15) is 66.8 Å². The van der Waals surface area contributed by atoms with Gasteiger partial charge in [-0.05, 0) is 25.7 Å². The van der Waals surface area contributed by atoms with Crippen molar-refractivity contribution in [2.45, 2.75) is 64.6 Å². The van der Waals surface area contributed by atoms with Gasteiger partial charge in [0.25, 0.3) is 5.91 Å². The fourth-order valence-corrected chi connectivity index (χ4v) is 5.59. The van der Waals surface area contributed by atoms with E-state index in [1.165, 1.54) is 17.7 Å². The van der Waals surface area contributed by atoms with Crippen LogP contribution in [0.2, 0.25) is 5.15 Å². The Balaban J connectivity index is 1.55. The molecule has 11 nitrogen and oxygen atoms in total. The lowest BCUT2D eigenvalue weighted by Gasteiger charge is -2.40. The topological polar surface area (TPSA) is 149 Å². The van der Waals surface area contributed by atoms with Gasteiger partial charge in [0.15, 0.2) is 27.5 Å². The first-order chi connectivity index (χ1) is 16.8. The molecule has 4 rings (SSSR count). The van der Waals surface area contributed by atoms with Gasteiger partial charge in [-0.1, -0.05) is 43.7 Å². The number of fused-ring (bicyclic) bond motifs is 1. The van der Waals surface area contributed by atoms with E-state index in [9.17, 15) is 14.7 Å². The average molecular weight is 521 g/mol. The summed E-state index contributed by atoms with van der Waals surface area (Å²) in [5.41, 5.74) is 1.06. The number of hydrogen-bond acceptors (Lipinski definition) is 9. The van der Waals surface area contributed by atoms with Gasteiger partial charge in [0, 0.05) is 31.2 Å². The number of aromatic carboxylic acids is 1. The summed E-state index contributed by atoms with van der Waals surface area (Å²) in [6.07, 6.45) is 4.47. The highest BCUT2D eigenvalue weighted by atomic mass is 35.5. The maximum Gasteiger partial charge on any atom is 0.356 e. The number of piperidine rings is 1. The Morgan fingerprint density at radius 3 is 2.69 bits per heavy atom. The molecule has 0 saturated carbocycles. The summed E-state index contributed by atoms with van der Waals surface area (Å²) in [7, 11) is 0. The van der Waals surface area contributed by atoms with Crippen LogP contribution in [0.3, 0.4) is 0 Å². The summed E-state index contributed by atoms with van der Waals surface area (Å²) in [5.74, 6) is -1.18. The molecule has 0 aliphatic carbocycles. The van der Waals surface area contributed by atoms with E-state index in [-0.39, 0.29) is 29.5 Å². The Morgan fingerprint density at radius 1 is 1.26 bits per heavy atom. The Morgan fingerprint density at radius 2 is 2.03 bits per heavy atom. The molecule has 0 bridgehead atoms. The molecule has 188 valence electrons. The number of rotatable bonds is 9. The molecule has 0 radical (unpaired) electrons. The number of aromatic nitrogens is 5. The first-order valence-corrected chi connectivity index (χ1v) is 12.9. The third-order valence-corrected chi connectivity index (χ3v) is 7.74. The number of aryl methyl sites for hydroxylation is 1. The minimum absolute atomic E-state index is 0.0452. The quantitative estimate of drug-likeness (QED) is 0.334. The van der Waals surface area contributed by atoms with Crippen LogP contribution >= 0.6 is 22.9 Å². The van der Waals surface area contributed by atoms with E-state index < -0.39 is 5.97 Å². The molecule has 3 aromatic rings. The number of thiazole rings is 1. The average Bonchev–Trinajstić information content (AvgIpc) is 3.46. The van der Waals surface area contributed by atoms with Crippen molar-refractivity contribution in [1.82, 2.24) is 35.6 Å². The van der Waals surface area contributed by atoms with Crippen molar-refractivity contribution in [3.05, 3.63) is 28.7 Å². The molecular formula is C22H29ClN8O3S. The summed E-state index contributed by atoms with van der Waals surface area (Å²) in [4.78, 5) is 46.4. The first kappa shape index (κ1) is 25.3. The standard InChI is InChI=1S/C22H29ClN8O3S/c1-4-11(5-2)26-14-9-31(22-30-18-16(35-22)15(21(33)34)24-10-25-18)8-7-13(14)28-20(32)19-27-12(6-3)17(23)29-19/h10-11,13-14,26H,4-9H2,1-3H3,(H,27,29)(H,28,32)(H,33,34)/t13-,14+/m1/s1. The van der Waals surface area contributed by atoms with Crippen molar-refractivity contribution in [3.63, 3.8) is 0 Å². The van der Waals surface area contributed by atoms with Gasteiger partial charge < -0.3 is 25.6 Å². The number of imidazole rings is 1. The molecule has 1 aliphatic rings. The molecule has 2 atom stereocenters. The summed E-state index contributed by atoms with van der Waals surface area (Å²) >= 11 is 7.40. The number of carbonyl (C=O) groups excluding carboxylic acids is 1. The summed E-state index contributed by atoms with van der Waals surface area (Å²) in [5, 5.41) is 17.3. The van der Waals surface area contributed by atoms with E-state index in [2.05, 4.69) is 54.3 Å². The number of aromatic amines is 1. The minimum atomic E-state index is -1.11. The highest BCUT2D eigenvalue weighted by Gasteiger charge is 2.34. The Bertz CT molecular complexity index is 1210. The maximum atomic E-state index is 12.9. The van der Waals surface area contributed by atoms with Gasteiger partial charge in [-0.15, -0.1) is 0 Å². The highest BCUT2D eigenvalue weighted by molar-refractivity contribution is 7.22. The van der Waals surface area contributed by atoms with Crippen molar-refractivity contribution in [2.24, 2.45) is 0 Å². The summed E-state index contributed by atoms with van der Waals surface area (Å²) in [6, 6.07) is 0.117. The SMILES string of the molecule is CCc1[nH]c(C(=O)N[C@@H]2CCN(c3nc4ncnc(C(=O)O)c4s3)C[C@@H]2NC(CC)CC)nc1Cl. The van der Waals surface area contributed by atoms with E-state index in [1.54, 1.807) is 0 Å². The number of H-pyrrole nitrogens is 1. The van der Waals surface area contributed by atoms with Crippen molar-refractivity contribution in [3.8, 4) is 0 Å². The number of hydrogen-bond donors (Lipinski definition) is 4. The van der Waals surface area contributed by atoms with E-state index in [0.717, 1.165) is 18.5 Å². The van der Waals surface area contributed by atoms with E-state index in [1.807, 2.05) is 6.92 Å². The molecular weight excluding hydrogens is 492 g/mol. The molecule has 0 spiro atoms. The Hall–Kier alpha value is -2.83. The molecule has 3 aromatic heterocycles. The zero-order valence-corrected chi connectivity index (χ0v) is 21.4. The number of nitrogens with zero attached hydrogens (tertiary/aromatic N) is 5. The number of amides is 1. The second kappa shape index (κ2) is 10.8. The third kappa shape index (κ3) is 5.39. The van der Waals surface area contributed by atoms with Crippen LogP contribution in [-0.4, -0.2) is 73.1 Å². The van der Waals surface area contributed by atoms with Crippen molar-refractivity contribution in [1.29, 1.82) is 0 Å². The largest absolute Gasteiger partial charge is 0.476 e. The van der Waals surface area contributed by atoms with Crippen LogP contribution in [0.15, 0.2) is 6.33 Å². The number of nitrogens with one attached hydrogen (secondary N) is 3. The number of anilines is 1. The van der Waals surface area contributed by atoms with Crippen molar-refractivity contribution in [2.75, 3.05) is 18.0 Å². The zero-order chi connectivity index (χ0) is 25.1. The van der Waals surface area contributed by atoms with Crippen molar-refractivity contribution < 1.29 is 14.7 Å². The number of carboxylic acid groups (broad SMARTS) is 1. The predicted molar refractivity (Wildman–Crippen MR) is 135 cm³/mol. The maximum absolute atomic E-state index is 12.9. The van der Waals surface area contributed by atoms with Gasteiger partial charge >= 0.3 is 5.97 Å². The van der Waals surface area contributed by atoms with E-state index in [0.29, 0.717) is 52.6 Å². The molecule has 4 N–H and O–H groups in total. The predicted octanol–water partition coefficient (Wildman–Crippen LogP) is 2.88. The molecule has 0 unspecified atom stereocenters. The van der Waals surface area contributed by atoms with Gasteiger partial charge in [0.1, 0.15) is 11.0 Å². The van der Waals surface area contributed by atoms with E-state index in [4.69, 9.17) is 11.6 Å². The van der Waals surface area contributed by atoms with Crippen LogP contribution in [0.4, 0.5) is 5.13 Å². The summed E-state index contributed by atoms with van der Waals surface area (Å²) < 4.78 is 0.455. The van der Waals surface area contributed by atoms with Crippen LogP contribution < -0.4 is 15.5 Å². The van der Waals surface area contributed by atoms with Gasteiger partial charge in [0.2, 0.25) is 0 Å². The molecule has 1 saturated heterocycles. The monoisotopic (exact) mass is 520 g/mol. The molecule has 13 heteroatoms. The first-order valence-electron chi connectivity index (χ1n) is 11.8. The van der Waals surface area contributed by atoms with Gasteiger partial charge in [-0.25, -0.2) is 19.7 Å². The lowest BCUT2D eigenvalue weighted by Crippen LogP contribution is -2.61. The number of halogens is 1. The Kier molecular flexibility index (Phi) is 7.82. The lowest BCUT2D eigenvalue weighted by molar-refractivity contribution is 0.0692. The fraction of sp³-hybridized carbons (Fsp3) is 0.545. The van der Waals surface area contributed by atoms with Crippen molar-refractivity contribution >= 4 is 50.3 Å². The van der Waals surface area contributed by atoms with E-state index >= 15 is 0 Å². The number of carbonyl (C=O) groups is 2. The molecule has 0 aromatic carbocycles. The second-order valence-electron chi connectivity index (χ2n) is 8.49.